The molecule has 0 aliphatic carbocycles. The van der Waals surface area contributed by atoms with Crippen molar-refractivity contribution in [3.63, 3.8) is 0 Å². The minimum atomic E-state index is 0.509. The monoisotopic (exact) mass is 277 g/mol. The van der Waals surface area contributed by atoms with E-state index in [4.69, 9.17) is 28.5 Å². The third-order valence-electron chi connectivity index (χ3n) is 2.43. The average Bonchev–Trinajstić information content (AvgIpc) is 2.39. The SMILES string of the molecule is Cc1ccc(Cl)c(Nc2cc(C#N)ccn2)c1Cl. The van der Waals surface area contributed by atoms with Gasteiger partial charge in [-0.2, -0.15) is 5.26 Å². The van der Waals surface area contributed by atoms with E-state index in [-0.39, 0.29) is 0 Å². The van der Waals surface area contributed by atoms with Crippen LogP contribution in [0.15, 0.2) is 30.5 Å². The molecule has 0 atom stereocenters. The highest BCUT2D eigenvalue weighted by molar-refractivity contribution is 6.39. The molecular formula is C13H9Cl2N3. The molecule has 90 valence electrons. The van der Waals surface area contributed by atoms with Crippen LogP contribution in [0.5, 0.6) is 0 Å². The van der Waals surface area contributed by atoms with Crippen LogP contribution in [0.2, 0.25) is 10.0 Å². The lowest BCUT2D eigenvalue weighted by atomic mass is 10.2. The van der Waals surface area contributed by atoms with Gasteiger partial charge in [0.05, 0.1) is 27.4 Å². The fourth-order valence-corrected chi connectivity index (χ4v) is 1.93. The van der Waals surface area contributed by atoms with E-state index in [1.807, 2.05) is 19.1 Å². The van der Waals surface area contributed by atoms with Gasteiger partial charge in [0, 0.05) is 6.20 Å². The topological polar surface area (TPSA) is 48.7 Å². The molecule has 0 saturated carbocycles. The Hall–Kier alpha value is -1.76. The number of hydrogen-bond acceptors (Lipinski definition) is 3. The van der Waals surface area contributed by atoms with E-state index in [2.05, 4.69) is 10.3 Å². The smallest absolute Gasteiger partial charge is 0.131 e. The van der Waals surface area contributed by atoms with E-state index in [1.165, 1.54) is 0 Å². The predicted molar refractivity (Wildman–Crippen MR) is 73.4 cm³/mol. The average molecular weight is 278 g/mol. The van der Waals surface area contributed by atoms with Gasteiger partial charge in [-0.25, -0.2) is 4.98 Å². The van der Waals surface area contributed by atoms with E-state index >= 15 is 0 Å². The van der Waals surface area contributed by atoms with Gasteiger partial charge in [0.1, 0.15) is 5.82 Å². The summed E-state index contributed by atoms with van der Waals surface area (Å²) >= 11 is 12.3. The van der Waals surface area contributed by atoms with Gasteiger partial charge in [-0.3, -0.25) is 0 Å². The molecule has 0 unspecified atom stereocenters. The van der Waals surface area contributed by atoms with Gasteiger partial charge >= 0.3 is 0 Å². The Balaban J connectivity index is 2.40. The summed E-state index contributed by atoms with van der Waals surface area (Å²) in [6.45, 7) is 1.89. The molecule has 0 aliphatic rings. The third-order valence-corrected chi connectivity index (χ3v) is 3.23. The predicted octanol–water partition coefficient (Wildman–Crippen LogP) is 4.31. The molecule has 5 heteroatoms. The summed E-state index contributed by atoms with van der Waals surface area (Å²) in [7, 11) is 0. The highest BCUT2D eigenvalue weighted by Gasteiger charge is 2.09. The first-order valence-electron chi connectivity index (χ1n) is 5.19. The van der Waals surface area contributed by atoms with Crippen LogP contribution in [0, 0.1) is 18.3 Å². The number of aryl methyl sites for hydroxylation is 1. The van der Waals surface area contributed by atoms with Crippen molar-refractivity contribution in [3.8, 4) is 6.07 Å². The first-order valence-corrected chi connectivity index (χ1v) is 5.95. The molecule has 0 fully saturated rings. The Kier molecular flexibility index (Phi) is 3.71. The molecule has 2 aromatic rings. The number of aromatic nitrogens is 1. The second kappa shape index (κ2) is 5.26. The summed E-state index contributed by atoms with van der Waals surface area (Å²) < 4.78 is 0. The van der Waals surface area contributed by atoms with Crippen molar-refractivity contribution < 1.29 is 0 Å². The number of anilines is 2. The third kappa shape index (κ3) is 2.56. The summed E-state index contributed by atoms with van der Waals surface area (Å²) in [4.78, 5) is 4.12. The van der Waals surface area contributed by atoms with Gasteiger partial charge in [0.2, 0.25) is 0 Å². The highest BCUT2D eigenvalue weighted by atomic mass is 35.5. The van der Waals surface area contributed by atoms with Gasteiger partial charge < -0.3 is 5.32 Å². The van der Waals surface area contributed by atoms with Crippen molar-refractivity contribution in [2.24, 2.45) is 0 Å². The number of nitrogens with zero attached hydrogens (tertiary/aromatic N) is 2. The van der Waals surface area contributed by atoms with Crippen molar-refractivity contribution >= 4 is 34.7 Å². The van der Waals surface area contributed by atoms with Crippen molar-refractivity contribution in [2.75, 3.05) is 5.32 Å². The molecule has 1 N–H and O–H groups in total. The van der Waals surface area contributed by atoms with Crippen molar-refractivity contribution in [3.05, 3.63) is 51.6 Å². The van der Waals surface area contributed by atoms with Crippen LogP contribution in [-0.2, 0) is 0 Å². The van der Waals surface area contributed by atoms with Crippen LogP contribution in [0.3, 0.4) is 0 Å². The Morgan fingerprint density at radius 1 is 1.28 bits per heavy atom. The lowest BCUT2D eigenvalue weighted by Crippen LogP contribution is -1.96. The molecule has 3 nitrogen and oxygen atoms in total. The Morgan fingerprint density at radius 3 is 2.78 bits per heavy atom. The fraction of sp³-hybridized carbons (Fsp3) is 0.0769. The van der Waals surface area contributed by atoms with E-state index in [9.17, 15) is 0 Å². The van der Waals surface area contributed by atoms with Crippen molar-refractivity contribution in [1.82, 2.24) is 4.98 Å². The van der Waals surface area contributed by atoms with Gasteiger partial charge in [0.15, 0.2) is 0 Å². The van der Waals surface area contributed by atoms with E-state index in [0.717, 1.165) is 5.56 Å². The Labute approximate surface area is 115 Å². The Bertz CT molecular complexity index is 633. The summed E-state index contributed by atoms with van der Waals surface area (Å²) in [5, 5.41) is 12.9. The maximum atomic E-state index is 8.82. The summed E-state index contributed by atoms with van der Waals surface area (Å²) in [6, 6.07) is 8.92. The van der Waals surface area contributed by atoms with Gasteiger partial charge in [-0.05, 0) is 30.7 Å². The van der Waals surface area contributed by atoms with Gasteiger partial charge in [-0.1, -0.05) is 29.3 Å². The van der Waals surface area contributed by atoms with E-state index in [0.29, 0.717) is 27.1 Å². The van der Waals surface area contributed by atoms with Crippen LogP contribution in [0.1, 0.15) is 11.1 Å². The van der Waals surface area contributed by atoms with Crippen LogP contribution < -0.4 is 5.32 Å². The van der Waals surface area contributed by atoms with Crippen molar-refractivity contribution in [1.29, 1.82) is 5.26 Å². The molecule has 18 heavy (non-hydrogen) atoms. The maximum absolute atomic E-state index is 8.82. The number of pyridine rings is 1. The minimum absolute atomic E-state index is 0.509. The molecule has 1 aromatic heterocycles. The summed E-state index contributed by atoms with van der Waals surface area (Å²) in [5.41, 5.74) is 2.04. The standard InChI is InChI=1S/C13H9Cl2N3/c1-8-2-3-10(14)13(12(8)15)18-11-6-9(7-16)4-5-17-11/h2-6H,1H3,(H,17,18). The van der Waals surface area contributed by atoms with Gasteiger partial charge in [0.25, 0.3) is 0 Å². The molecule has 0 radical (unpaired) electrons. The highest BCUT2D eigenvalue weighted by Crippen LogP contribution is 2.34. The number of hydrogen-bond donors (Lipinski definition) is 1. The minimum Gasteiger partial charge on any atom is -0.338 e. The maximum Gasteiger partial charge on any atom is 0.131 e. The molecule has 0 bridgehead atoms. The number of nitrogens with one attached hydrogen (secondary N) is 1. The molecule has 1 aromatic carbocycles. The van der Waals surface area contributed by atoms with E-state index < -0.39 is 0 Å². The first kappa shape index (κ1) is 12.7. The van der Waals surface area contributed by atoms with E-state index in [1.54, 1.807) is 24.4 Å². The second-order valence-corrected chi connectivity index (χ2v) is 4.50. The molecule has 0 saturated heterocycles. The molecule has 0 aliphatic heterocycles. The largest absolute Gasteiger partial charge is 0.338 e. The molecule has 0 amide bonds. The zero-order valence-electron chi connectivity index (χ0n) is 9.54. The number of nitriles is 1. The van der Waals surface area contributed by atoms with Crippen LogP contribution >= 0.6 is 23.2 Å². The van der Waals surface area contributed by atoms with Crippen LogP contribution in [-0.4, -0.2) is 4.98 Å². The zero-order chi connectivity index (χ0) is 13.1. The number of benzene rings is 1. The normalized spacial score (nSPS) is 9.89. The first-order chi connectivity index (χ1) is 8.61. The van der Waals surface area contributed by atoms with Crippen molar-refractivity contribution in [2.45, 2.75) is 6.92 Å². The summed E-state index contributed by atoms with van der Waals surface area (Å²) in [5.74, 6) is 0.531. The lowest BCUT2D eigenvalue weighted by Gasteiger charge is -2.11. The molecule has 1 heterocycles. The molecule has 0 spiro atoms. The zero-order valence-corrected chi connectivity index (χ0v) is 11.0. The quantitative estimate of drug-likeness (QED) is 0.890. The fourth-order valence-electron chi connectivity index (χ4n) is 1.47. The summed E-state index contributed by atoms with van der Waals surface area (Å²) in [6.07, 6.45) is 1.55. The number of rotatable bonds is 2. The molecular weight excluding hydrogens is 269 g/mol. The molecule has 2 rings (SSSR count). The number of halogens is 2. The Morgan fingerprint density at radius 2 is 2.06 bits per heavy atom. The lowest BCUT2D eigenvalue weighted by molar-refractivity contribution is 1.29. The van der Waals surface area contributed by atoms with Gasteiger partial charge in [-0.15, -0.1) is 0 Å². The van der Waals surface area contributed by atoms with Crippen LogP contribution in [0.4, 0.5) is 11.5 Å². The van der Waals surface area contributed by atoms with Crippen LogP contribution in [0.25, 0.3) is 0 Å². The second-order valence-electron chi connectivity index (χ2n) is 3.72.